The second-order valence-corrected chi connectivity index (χ2v) is 4.18. The Labute approximate surface area is 104 Å². The molecule has 0 unspecified atom stereocenters. The molecule has 2 aromatic carbocycles. The minimum absolute atomic E-state index is 0.171. The van der Waals surface area contributed by atoms with Gasteiger partial charge in [-0.25, -0.2) is 0 Å². The molecule has 1 aromatic heterocycles. The summed E-state index contributed by atoms with van der Waals surface area (Å²) >= 11 is 0. The van der Waals surface area contributed by atoms with E-state index in [-0.39, 0.29) is 5.56 Å². The van der Waals surface area contributed by atoms with E-state index in [1.165, 1.54) is 5.56 Å². The van der Waals surface area contributed by atoms with Crippen molar-refractivity contribution >= 4 is 10.9 Å². The van der Waals surface area contributed by atoms with E-state index >= 15 is 0 Å². The van der Waals surface area contributed by atoms with Crippen LogP contribution in [0.15, 0.2) is 65.7 Å². The molecule has 0 amide bonds. The fourth-order valence-electron chi connectivity index (χ4n) is 2.06. The second kappa shape index (κ2) is 4.45. The zero-order chi connectivity index (χ0) is 12.4. The van der Waals surface area contributed by atoms with Crippen LogP contribution in [0.3, 0.4) is 0 Å². The van der Waals surface area contributed by atoms with E-state index in [4.69, 9.17) is 0 Å². The third-order valence-electron chi connectivity index (χ3n) is 2.95. The van der Waals surface area contributed by atoms with Crippen molar-refractivity contribution in [2.24, 2.45) is 0 Å². The summed E-state index contributed by atoms with van der Waals surface area (Å²) in [5, 5.41) is 0.663. The monoisotopic (exact) mass is 236 g/mol. The molecule has 3 rings (SSSR count). The van der Waals surface area contributed by atoms with E-state index in [1.54, 1.807) is 6.33 Å². The van der Waals surface area contributed by atoms with E-state index in [9.17, 15) is 4.79 Å². The van der Waals surface area contributed by atoms with E-state index in [2.05, 4.69) is 17.1 Å². The number of benzene rings is 2. The van der Waals surface area contributed by atoms with Gasteiger partial charge in [0.2, 0.25) is 0 Å². The molecule has 0 aliphatic carbocycles. The Balaban J connectivity index is 2.13. The lowest BCUT2D eigenvalue weighted by atomic mass is 10.2. The molecule has 0 fully saturated rings. The van der Waals surface area contributed by atoms with Crippen molar-refractivity contribution in [2.75, 3.05) is 0 Å². The average molecular weight is 236 g/mol. The molecule has 0 saturated heterocycles. The second-order valence-electron chi connectivity index (χ2n) is 4.18. The van der Waals surface area contributed by atoms with Crippen LogP contribution in [0.2, 0.25) is 0 Å². The molecule has 0 saturated carbocycles. The van der Waals surface area contributed by atoms with Crippen LogP contribution in [-0.4, -0.2) is 9.55 Å². The lowest BCUT2D eigenvalue weighted by Crippen LogP contribution is -2.12. The van der Waals surface area contributed by atoms with Gasteiger partial charge in [0.05, 0.1) is 17.2 Å². The number of rotatable bonds is 2. The van der Waals surface area contributed by atoms with E-state index in [0.717, 1.165) is 5.52 Å². The van der Waals surface area contributed by atoms with Crippen molar-refractivity contribution in [2.45, 2.75) is 6.54 Å². The summed E-state index contributed by atoms with van der Waals surface area (Å²) in [5.74, 6) is 0. The Kier molecular flexibility index (Phi) is 2.65. The van der Waals surface area contributed by atoms with Crippen LogP contribution in [0.4, 0.5) is 0 Å². The number of aromatic nitrogens is 2. The molecule has 0 aliphatic rings. The zero-order valence-electron chi connectivity index (χ0n) is 9.78. The van der Waals surface area contributed by atoms with Crippen LogP contribution in [0.1, 0.15) is 5.56 Å². The van der Waals surface area contributed by atoms with Crippen LogP contribution in [0.25, 0.3) is 10.9 Å². The van der Waals surface area contributed by atoms with Crippen molar-refractivity contribution < 1.29 is 0 Å². The molecule has 3 nitrogen and oxygen atoms in total. The van der Waals surface area contributed by atoms with Crippen molar-refractivity contribution in [1.29, 1.82) is 0 Å². The Hall–Kier alpha value is -2.42. The maximum atomic E-state index is 11.7. The van der Waals surface area contributed by atoms with Crippen molar-refractivity contribution in [3.63, 3.8) is 0 Å². The van der Waals surface area contributed by atoms with Crippen molar-refractivity contribution in [1.82, 2.24) is 9.55 Å². The van der Waals surface area contributed by atoms with Crippen LogP contribution in [0.5, 0.6) is 0 Å². The maximum absolute atomic E-state index is 11.7. The summed E-state index contributed by atoms with van der Waals surface area (Å²) in [6.45, 7) is 0.717. The minimum Gasteiger partial charge on any atom is -0.327 e. The Morgan fingerprint density at radius 1 is 0.944 bits per heavy atom. The first-order valence-electron chi connectivity index (χ1n) is 5.83. The molecule has 3 heteroatoms. The first-order chi connectivity index (χ1) is 8.84. The highest BCUT2D eigenvalue weighted by Crippen LogP contribution is 2.10. The summed E-state index contributed by atoms with van der Waals surface area (Å²) in [6.07, 6.45) is 1.61. The topological polar surface area (TPSA) is 34.9 Å². The van der Waals surface area contributed by atoms with Crippen molar-refractivity contribution in [3.05, 3.63) is 76.8 Å². The van der Waals surface area contributed by atoms with Gasteiger partial charge in [0.1, 0.15) is 0 Å². The molecule has 0 bridgehead atoms. The summed E-state index contributed by atoms with van der Waals surface area (Å²) in [5.41, 5.74) is 1.93. The SMILES string of the molecule is O=c1ncn(Cc2ccccc2)c2ccccc12. The molecule has 0 atom stereocenters. The number of fused-ring (bicyclic) bond motifs is 1. The van der Waals surface area contributed by atoms with E-state index in [0.29, 0.717) is 11.9 Å². The fraction of sp³-hybridized carbons (Fsp3) is 0.0667. The number of hydrogen-bond acceptors (Lipinski definition) is 2. The van der Waals surface area contributed by atoms with Crippen molar-refractivity contribution in [3.8, 4) is 0 Å². The van der Waals surface area contributed by atoms with Gasteiger partial charge >= 0.3 is 0 Å². The zero-order valence-corrected chi connectivity index (χ0v) is 9.78. The van der Waals surface area contributed by atoms with E-state index in [1.807, 2.05) is 47.0 Å². The van der Waals surface area contributed by atoms with Crippen LogP contribution in [-0.2, 0) is 6.54 Å². The standard InChI is InChI=1S/C15H12N2O/c18-15-13-8-4-5-9-14(13)17(11-16-15)10-12-6-2-1-3-7-12/h1-9,11H,10H2. The smallest absolute Gasteiger partial charge is 0.280 e. The number of para-hydroxylation sites is 1. The Morgan fingerprint density at radius 3 is 2.50 bits per heavy atom. The lowest BCUT2D eigenvalue weighted by Gasteiger charge is -2.09. The van der Waals surface area contributed by atoms with Gasteiger partial charge in [0.25, 0.3) is 5.56 Å². The largest absolute Gasteiger partial charge is 0.327 e. The maximum Gasteiger partial charge on any atom is 0.280 e. The molecule has 0 radical (unpaired) electrons. The van der Waals surface area contributed by atoms with Gasteiger partial charge in [-0.15, -0.1) is 0 Å². The highest BCUT2D eigenvalue weighted by molar-refractivity contribution is 5.77. The predicted molar refractivity (Wildman–Crippen MR) is 71.5 cm³/mol. The molecule has 3 aromatic rings. The number of hydrogen-bond donors (Lipinski definition) is 0. The average Bonchev–Trinajstić information content (AvgIpc) is 2.44. The van der Waals surface area contributed by atoms with Gasteiger partial charge in [-0.3, -0.25) is 4.79 Å². The Bertz CT molecular complexity index is 732. The molecular weight excluding hydrogens is 224 g/mol. The van der Waals surface area contributed by atoms with E-state index < -0.39 is 0 Å². The molecule has 0 N–H and O–H groups in total. The minimum atomic E-state index is -0.171. The Morgan fingerprint density at radius 2 is 1.67 bits per heavy atom. The van der Waals surface area contributed by atoms with Crippen LogP contribution in [0, 0.1) is 0 Å². The summed E-state index contributed by atoms with van der Waals surface area (Å²) < 4.78 is 1.99. The summed E-state index contributed by atoms with van der Waals surface area (Å²) in [6, 6.07) is 17.7. The van der Waals surface area contributed by atoms with Gasteiger partial charge in [-0.2, -0.15) is 4.98 Å². The van der Waals surface area contributed by atoms with Crippen LogP contribution >= 0.6 is 0 Å². The normalized spacial score (nSPS) is 10.7. The number of nitrogens with zero attached hydrogens (tertiary/aromatic N) is 2. The molecular formula is C15H12N2O. The molecule has 0 spiro atoms. The molecule has 0 aliphatic heterocycles. The third-order valence-corrected chi connectivity index (χ3v) is 2.95. The summed E-state index contributed by atoms with van der Waals surface area (Å²) in [7, 11) is 0. The first kappa shape index (κ1) is 10.7. The molecule has 18 heavy (non-hydrogen) atoms. The molecule has 1 heterocycles. The third kappa shape index (κ3) is 1.91. The van der Waals surface area contributed by atoms with Gasteiger partial charge in [0.15, 0.2) is 0 Å². The summed E-state index contributed by atoms with van der Waals surface area (Å²) in [4.78, 5) is 15.6. The lowest BCUT2D eigenvalue weighted by molar-refractivity contribution is 0.798. The predicted octanol–water partition coefficient (Wildman–Crippen LogP) is 2.44. The van der Waals surface area contributed by atoms with Gasteiger partial charge in [-0.05, 0) is 17.7 Å². The highest BCUT2D eigenvalue weighted by atomic mass is 16.1. The quantitative estimate of drug-likeness (QED) is 0.685. The van der Waals surface area contributed by atoms with Gasteiger partial charge in [0, 0.05) is 6.54 Å². The first-order valence-corrected chi connectivity index (χ1v) is 5.83. The van der Waals surface area contributed by atoms with Crippen LogP contribution < -0.4 is 5.56 Å². The molecule has 88 valence electrons. The highest BCUT2D eigenvalue weighted by Gasteiger charge is 2.03. The fourth-order valence-corrected chi connectivity index (χ4v) is 2.06. The van der Waals surface area contributed by atoms with Gasteiger partial charge < -0.3 is 4.57 Å². The van der Waals surface area contributed by atoms with Gasteiger partial charge in [-0.1, -0.05) is 42.5 Å².